The van der Waals surface area contributed by atoms with Crippen molar-refractivity contribution in [3.8, 4) is 0 Å². The maximum atomic E-state index is 13.7. The van der Waals surface area contributed by atoms with Gasteiger partial charge in [-0.3, -0.25) is 4.79 Å². The van der Waals surface area contributed by atoms with E-state index in [2.05, 4.69) is 31.0 Å². The van der Waals surface area contributed by atoms with E-state index in [0.29, 0.717) is 0 Å². The van der Waals surface area contributed by atoms with Gasteiger partial charge in [-0.15, -0.1) is 0 Å². The fourth-order valence-electron chi connectivity index (χ4n) is 4.20. The highest BCUT2D eigenvalue weighted by atomic mass is 16.5. The summed E-state index contributed by atoms with van der Waals surface area (Å²) in [6.07, 6.45) is 2.15. The van der Waals surface area contributed by atoms with Gasteiger partial charge in [-0.2, -0.15) is 0 Å². The second kappa shape index (κ2) is 7.06. The van der Waals surface area contributed by atoms with Crippen LogP contribution >= 0.6 is 0 Å². The molecule has 0 saturated carbocycles. The van der Waals surface area contributed by atoms with Gasteiger partial charge in [0.05, 0.1) is 0 Å². The number of aromatic nitrogens is 1. The Hall–Kier alpha value is -2.43. The molecule has 2 aromatic carbocycles. The molecule has 26 heavy (non-hydrogen) atoms. The monoisotopic (exact) mass is 349 g/mol. The molecule has 1 aliphatic heterocycles. The van der Waals surface area contributed by atoms with Gasteiger partial charge in [-0.1, -0.05) is 48.5 Å². The van der Waals surface area contributed by atoms with Crippen LogP contribution in [0.3, 0.4) is 0 Å². The lowest BCUT2D eigenvalue weighted by Crippen LogP contribution is -3.16. The molecule has 3 aromatic rings. The molecular weight excluding hydrogens is 324 g/mol. The standard InChI is InChI=1S/C22H24N2O2/c1-15-13-24(14-16(2)26-15)21(17-8-4-3-5-9-17)22(25)19-12-23-20-11-7-6-10-18(19)20/h3-12,15-16,21,23H,13-14H2,1-2H3/p+1/t15-,16-,21+/m1/s1. The van der Waals surface area contributed by atoms with Crippen molar-refractivity contribution < 1.29 is 14.4 Å². The molecule has 4 heteroatoms. The zero-order valence-corrected chi connectivity index (χ0v) is 15.2. The molecule has 0 aliphatic carbocycles. The maximum Gasteiger partial charge on any atom is 0.226 e. The highest BCUT2D eigenvalue weighted by Gasteiger charge is 2.38. The number of carbonyl (C=O) groups is 1. The molecule has 0 radical (unpaired) electrons. The van der Waals surface area contributed by atoms with Crippen LogP contribution in [0.2, 0.25) is 0 Å². The molecule has 4 rings (SSSR count). The molecule has 1 aliphatic rings. The minimum Gasteiger partial charge on any atom is -0.364 e. The molecule has 2 N–H and O–H groups in total. The van der Waals surface area contributed by atoms with Crippen LogP contribution in [0.1, 0.15) is 35.8 Å². The van der Waals surface area contributed by atoms with Crippen molar-refractivity contribution in [2.24, 2.45) is 0 Å². The fraction of sp³-hybridized carbons (Fsp3) is 0.318. The number of aromatic amines is 1. The van der Waals surface area contributed by atoms with E-state index in [4.69, 9.17) is 4.74 Å². The Labute approximate surface area is 153 Å². The maximum absolute atomic E-state index is 13.7. The molecule has 0 bridgehead atoms. The van der Waals surface area contributed by atoms with E-state index in [-0.39, 0.29) is 24.0 Å². The highest BCUT2D eigenvalue weighted by molar-refractivity contribution is 6.10. The number of rotatable bonds is 4. The fourth-order valence-corrected chi connectivity index (χ4v) is 4.20. The summed E-state index contributed by atoms with van der Waals surface area (Å²) in [4.78, 5) is 18.2. The van der Waals surface area contributed by atoms with E-state index in [9.17, 15) is 4.79 Å². The third-order valence-corrected chi connectivity index (χ3v) is 5.22. The Morgan fingerprint density at radius 2 is 1.69 bits per heavy atom. The Kier molecular flexibility index (Phi) is 4.62. The van der Waals surface area contributed by atoms with Gasteiger partial charge in [-0.05, 0) is 19.9 Å². The number of H-pyrrole nitrogens is 1. The smallest absolute Gasteiger partial charge is 0.226 e. The Bertz CT molecular complexity index is 893. The molecule has 134 valence electrons. The summed E-state index contributed by atoms with van der Waals surface area (Å²) in [7, 11) is 0. The van der Waals surface area contributed by atoms with Crippen LogP contribution in [0.5, 0.6) is 0 Å². The van der Waals surface area contributed by atoms with Crippen molar-refractivity contribution in [1.82, 2.24) is 4.98 Å². The van der Waals surface area contributed by atoms with E-state index in [1.165, 1.54) is 4.90 Å². The quantitative estimate of drug-likeness (QED) is 0.712. The largest absolute Gasteiger partial charge is 0.364 e. The van der Waals surface area contributed by atoms with Gasteiger partial charge < -0.3 is 14.6 Å². The van der Waals surface area contributed by atoms with Crippen LogP contribution < -0.4 is 4.90 Å². The molecular formula is C22H25N2O2+. The van der Waals surface area contributed by atoms with Crippen molar-refractivity contribution >= 4 is 16.7 Å². The lowest BCUT2D eigenvalue weighted by Gasteiger charge is -2.36. The topological polar surface area (TPSA) is 46.5 Å². The number of hydrogen-bond donors (Lipinski definition) is 2. The average Bonchev–Trinajstić information content (AvgIpc) is 3.06. The summed E-state index contributed by atoms with van der Waals surface area (Å²) in [6, 6.07) is 17.9. The first kappa shape index (κ1) is 17.0. The van der Waals surface area contributed by atoms with E-state index < -0.39 is 0 Å². The molecule has 3 atom stereocenters. The molecule has 1 aromatic heterocycles. The van der Waals surface area contributed by atoms with Crippen LogP contribution in [-0.4, -0.2) is 36.1 Å². The first-order valence-electron chi connectivity index (χ1n) is 9.29. The predicted octanol–water partition coefficient (Wildman–Crippen LogP) is 2.78. The Morgan fingerprint density at radius 1 is 1.04 bits per heavy atom. The number of para-hydroxylation sites is 1. The van der Waals surface area contributed by atoms with Crippen molar-refractivity contribution in [2.45, 2.75) is 32.1 Å². The number of morpholine rings is 1. The minimum absolute atomic E-state index is 0.149. The first-order chi connectivity index (χ1) is 12.6. The lowest BCUT2D eigenvalue weighted by atomic mass is 9.94. The molecule has 0 unspecified atom stereocenters. The second-order valence-corrected chi connectivity index (χ2v) is 7.28. The summed E-state index contributed by atoms with van der Waals surface area (Å²) in [5, 5.41) is 0.993. The van der Waals surface area contributed by atoms with Crippen LogP contribution in [0, 0.1) is 0 Å². The zero-order chi connectivity index (χ0) is 18.1. The van der Waals surface area contributed by atoms with E-state index in [1.54, 1.807) is 0 Å². The summed E-state index contributed by atoms with van der Waals surface area (Å²) in [5.41, 5.74) is 2.84. The van der Waals surface area contributed by atoms with Crippen molar-refractivity contribution in [3.05, 3.63) is 71.9 Å². The summed E-state index contributed by atoms with van der Waals surface area (Å²) in [5.74, 6) is 0.171. The lowest BCUT2D eigenvalue weighted by molar-refractivity contribution is -0.935. The molecule has 0 amide bonds. The number of fused-ring (bicyclic) bond motifs is 1. The minimum atomic E-state index is -0.218. The number of quaternary nitrogens is 1. The van der Waals surface area contributed by atoms with Crippen LogP contribution in [0.15, 0.2) is 60.8 Å². The van der Waals surface area contributed by atoms with Gasteiger partial charge in [0.25, 0.3) is 0 Å². The summed E-state index contributed by atoms with van der Waals surface area (Å²) < 4.78 is 5.90. The Morgan fingerprint density at radius 3 is 2.42 bits per heavy atom. The highest BCUT2D eigenvalue weighted by Crippen LogP contribution is 2.23. The van der Waals surface area contributed by atoms with Crippen LogP contribution in [-0.2, 0) is 4.74 Å². The van der Waals surface area contributed by atoms with Gasteiger partial charge in [0.2, 0.25) is 5.78 Å². The number of ketones is 1. The van der Waals surface area contributed by atoms with Gasteiger partial charge in [0.15, 0.2) is 6.04 Å². The predicted molar refractivity (Wildman–Crippen MR) is 103 cm³/mol. The number of ether oxygens (including phenoxy) is 1. The number of benzene rings is 2. The zero-order valence-electron chi connectivity index (χ0n) is 15.2. The van der Waals surface area contributed by atoms with Crippen LogP contribution in [0.25, 0.3) is 10.9 Å². The van der Waals surface area contributed by atoms with Gasteiger partial charge in [0.1, 0.15) is 25.3 Å². The number of Topliss-reactive ketones (excluding diaryl/α,β-unsaturated/α-hetero) is 1. The number of carbonyl (C=O) groups excluding carboxylic acids is 1. The normalized spacial score (nSPS) is 24.5. The molecule has 0 spiro atoms. The SMILES string of the molecule is C[C@@H]1C[NH+]([C@H](C(=O)c2c[nH]c3ccccc23)c2ccccc2)C[C@@H](C)O1. The van der Waals surface area contributed by atoms with Crippen molar-refractivity contribution in [3.63, 3.8) is 0 Å². The van der Waals surface area contributed by atoms with Crippen LogP contribution in [0.4, 0.5) is 0 Å². The number of hydrogen-bond acceptors (Lipinski definition) is 2. The van der Waals surface area contributed by atoms with Gasteiger partial charge in [0, 0.05) is 28.2 Å². The molecule has 1 saturated heterocycles. The molecule has 4 nitrogen and oxygen atoms in total. The van der Waals surface area contributed by atoms with E-state index in [1.807, 2.05) is 48.7 Å². The first-order valence-corrected chi connectivity index (χ1v) is 9.29. The second-order valence-electron chi connectivity index (χ2n) is 7.28. The number of nitrogens with one attached hydrogen (secondary N) is 2. The third-order valence-electron chi connectivity index (χ3n) is 5.22. The van der Waals surface area contributed by atoms with E-state index in [0.717, 1.165) is 35.1 Å². The van der Waals surface area contributed by atoms with Crippen molar-refractivity contribution in [2.75, 3.05) is 13.1 Å². The summed E-state index contributed by atoms with van der Waals surface area (Å²) in [6.45, 7) is 5.84. The van der Waals surface area contributed by atoms with E-state index >= 15 is 0 Å². The molecule has 1 fully saturated rings. The third kappa shape index (κ3) is 3.18. The van der Waals surface area contributed by atoms with Gasteiger partial charge >= 0.3 is 0 Å². The van der Waals surface area contributed by atoms with Crippen molar-refractivity contribution in [1.29, 1.82) is 0 Å². The molecule has 2 heterocycles. The van der Waals surface area contributed by atoms with Gasteiger partial charge in [-0.25, -0.2) is 0 Å². The Balaban J connectivity index is 1.76. The summed E-state index contributed by atoms with van der Waals surface area (Å²) >= 11 is 0. The average molecular weight is 349 g/mol.